The Morgan fingerprint density at radius 2 is 1.94 bits per heavy atom. The lowest BCUT2D eigenvalue weighted by Crippen LogP contribution is -2.18. The van der Waals surface area contributed by atoms with Gasteiger partial charge in [0.2, 0.25) is 0 Å². The van der Waals surface area contributed by atoms with Crippen molar-refractivity contribution < 1.29 is 4.79 Å². The molecule has 0 amide bonds. The molecular weight excluding hydrogens is 242 g/mol. The molecule has 1 heterocycles. The first kappa shape index (κ1) is 15.4. The van der Waals surface area contributed by atoms with Gasteiger partial charge in [-0.15, -0.1) is 11.3 Å². The molecular formula is C15H25NOS. The Kier molecular flexibility index (Phi) is 6.03. The first-order valence-electron chi connectivity index (χ1n) is 6.76. The molecule has 1 aromatic heterocycles. The lowest BCUT2D eigenvalue weighted by molar-refractivity contribution is -0.118. The van der Waals surface area contributed by atoms with E-state index < -0.39 is 0 Å². The van der Waals surface area contributed by atoms with Crippen molar-refractivity contribution in [3.05, 3.63) is 21.9 Å². The highest BCUT2D eigenvalue weighted by molar-refractivity contribution is 7.12. The Morgan fingerprint density at radius 1 is 1.28 bits per heavy atom. The number of hydrogen-bond donors (Lipinski definition) is 1. The lowest BCUT2D eigenvalue weighted by Gasteiger charge is -2.23. The Morgan fingerprint density at radius 3 is 2.50 bits per heavy atom. The van der Waals surface area contributed by atoms with Crippen molar-refractivity contribution in [1.82, 2.24) is 0 Å². The van der Waals surface area contributed by atoms with Crippen molar-refractivity contribution in [1.29, 1.82) is 0 Å². The van der Waals surface area contributed by atoms with Crippen molar-refractivity contribution >= 4 is 17.1 Å². The van der Waals surface area contributed by atoms with Crippen LogP contribution in [0.25, 0.3) is 0 Å². The molecule has 0 atom stereocenters. The number of thiophene rings is 1. The van der Waals surface area contributed by atoms with Crippen LogP contribution in [-0.4, -0.2) is 12.3 Å². The van der Waals surface area contributed by atoms with Crippen LogP contribution < -0.4 is 5.73 Å². The maximum atomic E-state index is 11.9. The summed E-state index contributed by atoms with van der Waals surface area (Å²) >= 11 is 1.76. The highest BCUT2D eigenvalue weighted by atomic mass is 32.1. The number of carbonyl (C=O) groups is 1. The average molecular weight is 267 g/mol. The van der Waals surface area contributed by atoms with E-state index in [1.165, 1.54) is 9.75 Å². The topological polar surface area (TPSA) is 43.1 Å². The number of rotatable bonds is 8. The molecule has 0 aliphatic carbocycles. The van der Waals surface area contributed by atoms with Crippen LogP contribution in [0.5, 0.6) is 0 Å². The zero-order chi connectivity index (χ0) is 13.6. The van der Waals surface area contributed by atoms with Crippen LogP contribution >= 0.6 is 11.3 Å². The summed E-state index contributed by atoms with van der Waals surface area (Å²) in [6.07, 6.45) is 4.26. The van der Waals surface area contributed by atoms with Crippen LogP contribution in [0.2, 0.25) is 0 Å². The van der Waals surface area contributed by atoms with Crippen LogP contribution in [-0.2, 0) is 17.6 Å². The molecule has 0 spiro atoms. The monoisotopic (exact) mass is 267 g/mol. The summed E-state index contributed by atoms with van der Waals surface area (Å²) in [6.45, 7) is 7.22. The van der Waals surface area contributed by atoms with Crippen molar-refractivity contribution in [2.45, 2.75) is 52.9 Å². The van der Waals surface area contributed by atoms with Crippen LogP contribution in [0.15, 0.2) is 12.1 Å². The predicted molar refractivity (Wildman–Crippen MR) is 79.1 cm³/mol. The number of aryl methyl sites for hydroxylation is 1. The van der Waals surface area contributed by atoms with E-state index in [1.54, 1.807) is 11.3 Å². The minimum absolute atomic E-state index is 0.189. The molecule has 1 rings (SSSR count). The van der Waals surface area contributed by atoms with Gasteiger partial charge >= 0.3 is 0 Å². The Balaban J connectivity index is 2.37. The van der Waals surface area contributed by atoms with E-state index in [1.807, 2.05) is 0 Å². The molecule has 0 radical (unpaired) electrons. The summed E-state index contributed by atoms with van der Waals surface area (Å²) in [6, 6.07) is 4.22. The molecule has 2 nitrogen and oxygen atoms in total. The van der Waals surface area contributed by atoms with E-state index in [4.69, 9.17) is 5.73 Å². The summed E-state index contributed by atoms with van der Waals surface area (Å²) in [5.74, 6) is 0.351. The first-order valence-corrected chi connectivity index (χ1v) is 7.58. The third kappa shape index (κ3) is 5.32. The van der Waals surface area contributed by atoms with E-state index in [9.17, 15) is 4.79 Å². The maximum absolute atomic E-state index is 11.9. The van der Waals surface area contributed by atoms with Crippen molar-refractivity contribution in [3.8, 4) is 0 Å². The number of hydrogen-bond acceptors (Lipinski definition) is 3. The third-order valence-electron chi connectivity index (χ3n) is 3.34. The van der Waals surface area contributed by atoms with E-state index in [-0.39, 0.29) is 5.41 Å². The normalized spacial score (nSPS) is 11.8. The van der Waals surface area contributed by atoms with E-state index in [2.05, 4.69) is 32.9 Å². The van der Waals surface area contributed by atoms with Gasteiger partial charge in [0.1, 0.15) is 5.78 Å². The quantitative estimate of drug-likeness (QED) is 0.782. The lowest BCUT2D eigenvalue weighted by atomic mass is 9.83. The Labute approximate surface area is 115 Å². The minimum Gasteiger partial charge on any atom is -0.330 e. The fourth-order valence-electron chi connectivity index (χ4n) is 1.98. The predicted octanol–water partition coefficient (Wildman–Crippen LogP) is 3.58. The second-order valence-electron chi connectivity index (χ2n) is 5.64. The SMILES string of the molecule is CCc1ccc(CC(=O)CCC(C)(C)CCN)s1. The van der Waals surface area contributed by atoms with Crippen molar-refractivity contribution in [3.63, 3.8) is 0 Å². The standard InChI is InChI=1S/C15H25NOS/c1-4-13-5-6-14(18-13)11-12(17)7-8-15(2,3)9-10-16/h5-6H,4,7-11,16H2,1-3H3. The number of ketones is 1. The van der Waals surface area contributed by atoms with Gasteiger partial charge in [0.25, 0.3) is 0 Å². The molecule has 0 saturated heterocycles. The molecule has 102 valence electrons. The van der Waals surface area contributed by atoms with Gasteiger partial charge in [-0.1, -0.05) is 20.8 Å². The van der Waals surface area contributed by atoms with Crippen LogP contribution in [0.4, 0.5) is 0 Å². The van der Waals surface area contributed by atoms with Gasteiger partial charge in [0, 0.05) is 22.6 Å². The van der Waals surface area contributed by atoms with Crippen LogP contribution in [0, 0.1) is 5.41 Å². The van der Waals surface area contributed by atoms with E-state index in [0.717, 1.165) is 19.3 Å². The Hall–Kier alpha value is -0.670. The van der Waals surface area contributed by atoms with Gasteiger partial charge in [-0.2, -0.15) is 0 Å². The highest BCUT2D eigenvalue weighted by Gasteiger charge is 2.18. The number of carbonyl (C=O) groups excluding carboxylic acids is 1. The third-order valence-corrected chi connectivity index (χ3v) is 4.57. The number of nitrogens with two attached hydrogens (primary N) is 1. The maximum Gasteiger partial charge on any atom is 0.138 e. The fourth-order valence-corrected chi connectivity index (χ4v) is 2.97. The molecule has 0 aromatic carbocycles. The minimum atomic E-state index is 0.189. The Bertz CT molecular complexity index is 382. The zero-order valence-corrected chi connectivity index (χ0v) is 12.6. The van der Waals surface area contributed by atoms with Gasteiger partial charge in [-0.25, -0.2) is 0 Å². The second kappa shape index (κ2) is 7.05. The van der Waals surface area contributed by atoms with Gasteiger partial charge in [0.15, 0.2) is 0 Å². The molecule has 0 saturated carbocycles. The summed E-state index contributed by atoms with van der Waals surface area (Å²) in [5.41, 5.74) is 5.77. The molecule has 0 aliphatic rings. The van der Waals surface area contributed by atoms with Crippen LogP contribution in [0.1, 0.15) is 49.8 Å². The molecule has 3 heteroatoms. The largest absolute Gasteiger partial charge is 0.330 e. The molecule has 0 bridgehead atoms. The van der Waals surface area contributed by atoms with Gasteiger partial charge in [0.05, 0.1) is 0 Å². The van der Waals surface area contributed by atoms with Crippen LogP contribution in [0.3, 0.4) is 0 Å². The summed E-state index contributed by atoms with van der Waals surface area (Å²) in [4.78, 5) is 14.5. The fraction of sp³-hybridized carbons (Fsp3) is 0.667. The smallest absolute Gasteiger partial charge is 0.138 e. The molecule has 0 unspecified atom stereocenters. The molecule has 0 fully saturated rings. The summed E-state index contributed by atoms with van der Waals surface area (Å²) < 4.78 is 0. The molecule has 2 N–H and O–H groups in total. The first-order chi connectivity index (χ1) is 8.46. The van der Waals surface area contributed by atoms with Crippen molar-refractivity contribution in [2.24, 2.45) is 11.1 Å². The molecule has 0 aliphatic heterocycles. The second-order valence-corrected chi connectivity index (χ2v) is 6.89. The zero-order valence-electron chi connectivity index (χ0n) is 11.8. The average Bonchev–Trinajstić information content (AvgIpc) is 2.74. The van der Waals surface area contributed by atoms with Gasteiger partial charge in [-0.3, -0.25) is 4.79 Å². The van der Waals surface area contributed by atoms with Gasteiger partial charge in [-0.05, 0) is 43.4 Å². The van der Waals surface area contributed by atoms with E-state index in [0.29, 0.717) is 25.2 Å². The van der Waals surface area contributed by atoms with Crippen molar-refractivity contribution in [2.75, 3.05) is 6.54 Å². The highest BCUT2D eigenvalue weighted by Crippen LogP contribution is 2.26. The molecule has 18 heavy (non-hydrogen) atoms. The van der Waals surface area contributed by atoms with E-state index >= 15 is 0 Å². The molecule has 1 aromatic rings. The summed E-state index contributed by atoms with van der Waals surface area (Å²) in [5, 5.41) is 0. The van der Waals surface area contributed by atoms with Gasteiger partial charge < -0.3 is 5.73 Å². The summed E-state index contributed by atoms with van der Waals surface area (Å²) in [7, 11) is 0. The number of Topliss-reactive ketones (excluding diaryl/α,β-unsaturated/α-hetero) is 1.